The van der Waals surface area contributed by atoms with E-state index in [1.807, 2.05) is 48.5 Å². The molecule has 0 saturated heterocycles. The first-order valence-corrected chi connectivity index (χ1v) is 11.6. The van der Waals surface area contributed by atoms with Crippen molar-refractivity contribution in [2.45, 2.75) is 0 Å². The van der Waals surface area contributed by atoms with E-state index in [4.69, 9.17) is 0 Å². The Labute approximate surface area is 213 Å². The van der Waals surface area contributed by atoms with E-state index in [-0.39, 0.29) is 5.69 Å². The molecular formula is C30H22N4O3. The second-order valence-electron chi connectivity index (χ2n) is 8.23. The molecule has 4 aromatic carbocycles. The topological polar surface area (TPSA) is 89.5 Å². The average Bonchev–Trinajstić information content (AvgIpc) is 3.39. The summed E-state index contributed by atoms with van der Waals surface area (Å²) in [5, 5.41) is 15.1. The van der Waals surface area contributed by atoms with Crippen LogP contribution in [-0.2, 0) is 0 Å². The molecule has 5 aromatic rings. The summed E-state index contributed by atoms with van der Waals surface area (Å²) in [6, 6.07) is 37.9. The first kappa shape index (κ1) is 23.4. The summed E-state index contributed by atoms with van der Waals surface area (Å²) in [5.41, 5.74) is 8.21. The van der Waals surface area contributed by atoms with Gasteiger partial charge in [-0.2, -0.15) is 5.10 Å². The Morgan fingerprint density at radius 2 is 1.27 bits per heavy atom. The third-order valence-electron chi connectivity index (χ3n) is 5.91. The number of hydrazone groups is 1. The molecule has 0 fully saturated rings. The van der Waals surface area contributed by atoms with Crippen molar-refractivity contribution in [2.75, 3.05) is 0 Å². The third-order valence-corrected chi connectivity index (χ3v) is 5.91. The zero-order valence-corrected chi connectivity index (χ0v) is 19.7. The SMILES string of the molecule is O=C(N/N=C\c1ccccc1[N+](=O)[O-])c1ccc(-n2c(-c3ccccc3)ccc2-c2ccccc2)cc1. The number of aromatic nitrogens is 1. The van der Waals surface area contributed by atoms with Gasteiger partial charge in [-0.3, -0.25) is 14.9 Å². The molecule has 0 aliphatic heterocycles. The monoisotopic (exact) mass is 486 g/mol. The number of nitro benzene ring substituents is 1. The zero-order valence-electron chi connectivity index (χ0n) is 19.7. The lowest BCUT2D eigenvalue weighted by Crippen LogP contribution is -2.17. The predicted molar refractivity (Wildman–Crippen MR) is 145 cm³/mol. The number of rotatable bonds is 7. The van der Waals surface area contributed by atoms with Gasteiger partial charge in [0.25, 0.3) is 11.6 Å². The van der Waals surface area contributed by atoms with Crippen molar-refractivity contribution in [1.29, 1.82) is 0 Å². The van der Waals surface area contributed by atoms with Gasteiger partial charge in [0.05, 0.1) is 28.1 Å². The fourth-order valence-corrected chi connectivity index (χ4v) is 4.13. The molecule has 0 unspecified atom stereocenters. The van der Waals surface area contributed by atoms with Gasteiger partial charge in [-0.15, -0.1) is 0 Å². The number of hydrogen-bond donors (Lipinski definition) is 1. The van der Waals surface area contributed by atoms with Gasteiger partial charge >= 0.3 is 0 Å². The molecule has 5 rings (SSSR count). The van der Waals surface area contributed by atoms with Gasteiger partial charge in [0.2, 0.25) is 0 Å². The maximum absolute atomic E-state index is 12.7. The Morgan fingerprint density at radius 3 is 1.84 bits per heavy atom. The summed E-state index contributed by atoms with van der Waals surface area (Å²) < 4.78 is 2.17. The highest BCUT2D eigenvalue weighted by atomic mass is 16.6. The quantitative estimate of drug-likeness (QED) is 0.162. The molecule has 0 saturated carbocycles. The van der Waals surface area contributed by atoms with Crippen molar-refractivity contribution in [3.05, 3.63) is 143 Å². The number of hydrogen-bond acceptors (Lipinski definition) is 4. The van der Waals surface area contributed by atoms with Gasteiger partial charge in [0, 0.05) is 17.3 Å². The Hall–Kier alpha value is -5.30. The average molecular weight is 487 g/mol. The van der Waals surface area contributed by atoms with Crippen molar-refractivity contribution in [3.63, 3.8) is 0 Å². The molecule has 180 valence electrons. The van der Waals surface area contributed by atoms with Crippen LogP contribution in [0.4, 0.5) is 5.69 Å². The Balaban J connectivity index is 1.42. The predicted octanol–water partition coefficient (Wildman–Crippen LogP) is 6.48. The molecule has 0 bridgehead atoms. The standard InChI is InChI=1S/C30H22N4O3/c35-30(32-31-21-25-13-7-8-14-29(25)34(36)37)24-15-17-26(18-16-24)33-27(22-9-3-1-4-10-22)19-20-28(33)23-11-5-2-6-12-23/h1-21H,(H,32,35)/b31-21-. The lowest BCUT2D eigenvalue weighted by molar-refractivity contribution is -0.385. The number of carbonyl (C=O) groups excluding carboxylic acids is 1. The first-order valence-electron chi connectivity index (χ1n) is 11.6. The Morgan fingerprint density at radius 1 is 0.730 bits per heavy atom. The highest BCUT2D eigenvalue weighted by molar-refractivity contribution is 5.95. The van der Waals surface area contributed by atoms with Crippen LogP contribution in [0.15, 0.2) is 126 Å². The van der Waals surface area contributed by atoms with E-state index in [1.165, 1.54) is 12.3 Å². The lowest BCUT2D eigenvalue weighted by atomic mass is 10.1. The molecule has 7 nitrogen and oxygen atoms in total. The van der Waals surface area contributed by atoms with Gasteiger partial charge in [0.15, 0.2) is 0 Å². The minimum absolute atomic E-state index is 0.0833. The van der Waals surface area contributed by atoms with Gasteiger partial charge < -0.3 is 4.57 Å². The van der Waals surface area contributed by atoms with Gasteiger partial charge in [-0.25, -0.2) is 5.43 Å². The summed E-state index contributed by atoms with van der Waals surface area (Å²) in [6.07, 6.45) is 1.27. The molecule has 37 heavy (non-hydrogen) atoms. The van der Waals surface area contributed by atoms with Gasteiger partial charge in [-0.05, 0) is 53.6 Å². The summed E-state index contributed by atoms with van der Waals surface area (Å²) in [7, 11) is 0. The number of carbonyl (C=O) groups is 1. The largest absolute Gasteiger partial charge is 0.309 e. The van der Waals surface area contributed by atoms with Crippen LogP contribution in [0, 0.1) is 10.1 Å². The maximum Gasteiger partial charge on any atom is 0.278 e. The normalized spacial score (nSPS) is 10.9. The Kier molecular flexibility index (Phi) is 6.67. The summed E-state index contributed by atoms with van der Waals surface area (Å²) in [6.45, 7) is 0. The van der Waals surface area contributed by atoms with Crippen LogP contribution in [0.3, 0.4) is 0 Å². The minimum Gasteiger partial charge on any atom is -0.309 e. The molecule has 0 aliphatic rings. The maximum atomic E-state index is 12.7. The van der Waals surface area contributed by atoms with Crippen molar-refractivity contribution in [2.24, 2.45) is 5.10 Å². The number of benzene rings is 4. The van der Waals surface area contributed by atoms with E-state index < -0.39 is 10.8 Å². The summed E-state index contributed by atoms with van der Waals surface area (Å²) >= 11 is 0. The first-order chi connectivity index (χ1) is 18.1. The second-order valence-corrected chi connectivity index (χ2v) is 8.23. The van der Waals surface area contributed by atoms with Crippen LogP contribution >= 0.6 is 0 Å². The molecule has 0 atom stereocenters. The fraction of sp³-hybridized carbons (Fsp3) is 0. The molecule has 1 N–H and O–H groups in total. The molecule has 0 radical (unpaired) electrons. The van der Waals surface area contributed by atoms with E-state index in [1.54, 1.807) is 30.3 Å². The van der Waals surface area contributed by atoms with Crippen LogP contribution < -0.4 is 5.43 Å². The number of nitrogens with zero attached hydrogens (tertiary/aromatic N) is 3. The van der Waals surface area contributed by atoms with E-state index in [2.05, 4.69) is 51.5 Å². The van der Waals surface area contributed by atoms with Gasteiger partial charge in [-0.1, -0.05) is 72.8 Å². The molecule has 0 spiro atoms. The van der Waals surface area contributed by atoms with E-state index in [0.717, 1.165) is 28.2 Å². The zero-order chi connectivity index (χ0) is 25.6. The van der Waals surface area contributed by atoms with Crippen LogP contribution in [-0.4, -0.2) is 21.6 Å². The van der Waals surface area contributed by atoms with Crippen LogP contribution in [0.2, 0.25) is 0 Å². The van der Waals surface area contributed by atoms with Gasteiger partial charge in [0.1, 0.15) is 0 Å². The van der Waals surface area contributed by atoms with E-state index >= 15 is 0 Å². The van der Waals surface area contributed by atoms with Crippen LogP contribution in [0.1, 0.15) is 15.9 Å². The number of nitro groups is 1. The van der Waals surface area contributed by atoms with Crippen molar-refractivity contribution in [3.8, 4) is 28.2 Å². The minimum atomic E-state index is -0.490. The third kappa shape index (κ3) is 5.06. The molecule has 1 amide bonds. The molecule has 1 heterocycles. The number of amides is 1. The van der Waals surface area contributed by atoms with Crippen LogP contribution in [0.5, 0.6) is 0 Å². The molecule has 7 heteroatoms. The Bertz CT molecular complexity index is 1520. The van der Waals surface area contributed by atoms with Crippen molar-refractivity contribution in [1.82, 2.24) is 9.99 Å². The number of para-hydroxylation sites is 1. The lowest BCUT2D eigenvalue weighted by Gasteiger charge is -2.15. The van der Waals surface area contributed by atoms with Crippen LogP contribution in [0.25, 0.3) is 28.2 Å². The van der Waals surface area contributed by atoms with Crippen molar-refractivity contribution >= 4 is 17.8 Å². The van der Waals surface area contributed by atoms with Crippen molar-refractivity contribution < 1.29 is 9.72 Å². The molecule has 1 aromatic heterocycles. The fourth-order valence-electron chi connectivity index (χ4n) is 4.13. The summed E-state index contributed by atoms with van der Waals surface area (Å²) in [5.74, 6) is -0.416. The smallest absolute Gasteiger partial charge is 0.278 e. The summed E-state index contributed by atoms with van der Waals surface area (Å²) in [4.78, 5) is 23.3. The van der Waals surface area contributed by atoms with E-state index in [0.29, 0.717) is 11.1 Å². The number of nitrogens with one attached hydrogen (secondary N) is 1. The molecular weight excluding hydrogens is 464 g/mol. The highest BCUT2D eigenvalue weighted by Gasteiger charge is 2.15. The molecule has 0 aliphatic carbocycles. The second kappa shape index (κ2) is 10.5. The van der Waals surface area contributed by atoms with E-state index in [9.17, 15) is 14.9 Å². The highest BCUT2D eigenvalue weighted by Crippen LogP contribution is 2.32.